The maximum atomic E-state index is 12.1. The molecule has 6 heteroatoms. The van der Waals surface area contributed by atoms with Crippen molar-refractivity contribution in [2.75, 3.05) is 40.0 Å². The van der Waals surface area contributed by atoms with Crippen LogP contribution < -0.4 is 0 Å². The molecular weight excluding hydrogens is 262 g/mol. The van der Waals surface area contributed by atoms with Gasteiger partial charge in [0.15, 0.2) is 0 Å². The van der Waals surface area contributed by atoms with Gasteiger partial charge in [-0.3, -0.25) is 9.59 Å². The lowest BCUT2D eigenvalue weighted by atomic mass is 10.1. The molecule has 1 N–H and O–H groups in total. The summed E-state index contributed by atoms with van der Waals surface area (Å²) in [6.45, 7) is 6.52. The number of carbonyl (C=O) groups excluding carboxylic acids is 2. The second-order valence-electron chi connectivity index (χ2n) is 4.77. The fourth-order valence-electron chi connectivity index (χ4n) is 1.58. The van der Waals surface area contributed by atoms with E-state index in [1.807, 2.05) is 13.8 Å². The molecule has 1 amide bonds. The van der Waals surface area contributed by atoms with Crippen molar-refractivity contribution in [1.29, 1.82) is 0 Å². The number of hydrogen-bond acceptors (Lipinski definition) is 5. The number of nitrogens with zero attached hydrogens (tertiary/aromatic N) is 1. The molecule has 0 aromatic heterocycles. The lowest BCUT2D eigenvalue weighted by molar-refractivity contribution is -0.146. The van der Waals surface area contributed by atoms with Crippen LogP contribution in [0.4, 0.5) is 0 Å². The molecule has 0 radical (unpaired) electrons. The zero-order valence-corrected chi connectivity index (χ0v) is 12.7. The van der Waals surface area contributed by atoms with E-state index in [0.717, 1.165) is 5.57 Å². The average molecular weight is 287 g/mol. The number of hydrogen-bond donors (Lipinski definition) is 1. The van der Waals surface area contributed by atoms with Gasteiger partial charge in [-0.25, -0.2) is 0 Å². The SMILES string of the molecule is COC(=O)C(C)CN(CCOCCO)C(=O)C=C(C)C. The summed E-state index contributed by atoms with van der Waals surface area (Å²) in [6.07, 6.45) is 1.52. The Bertz CT molecular complexity index is 336. The van der Waals surface area contributed by atoms with Gasteiger partial charge in [0, 0.05) is 19.2 Å². The maximum Gasteiger partial charge on any atom is 0.310 e. The Kier molecular flexibility index (Phi) is 9.67. The van der Waals surface area contributed by atoms with Gasteiger partial charge in [0.1, 0.15) is 0 Å². The number of rotatable bonds is 9. The number of carbonyl (C=O) groups is 2. The van der Waals surface area contributed by atoms with Crippen LogP contribution in [0.1, 0.15) is 20.8 Å². The van der Waals surface area contributed by atoms with Crippen LogP contribution in [0.15, 0.2) is 11.6 Å². The third-order valence-electron chi connectivity index (χ3n) is 2.56. The first kappa shape index (κ1) is 18.6. The summed E-state index contributed by atoms with van der Waals surface area (Å²) in [5.74, 6) is -0.906. The summed E-state index contributed by atoms with van der Waals surface area (Å²) in [6, 6.07) is 0. The van der Waals surface area contributed by atoms with E-state index in [9.17, 15) is 9.59 Å². The molecule has 0 spiro atoms. The number of allylic oxidation sites excluding steroid dienone is 1. The normalized spacial score (nSPS) is 11.7. The summed E-state index contributed by atoms with van der Waals surface area (Å²) >= 11 is 0. The second-order valence-corrected chi connectivity index (χ2v) is 4.77. The molecule has 0 aromatic rings. The predicted molar refractivity (Wildman–Crippen MR) is 75.1 cm³/mol. The number of methoxy groups -OCH3 is 1. The van der Waals surface area contributed by atoms with Crippen molar-refractivity contribution in [1.82, 2.24) is 4.90 Å². The predicted octanol–water partition coefficient (Wildman–Crippen LogP) is 0.599. The molecule has 0 aromatic carbocycles. The molecule has 116 valence electrons. The van der Waals surface area contributed by atoms with Crippen LogP contribution in [0.2, 0.25) is 0 Å². The molecular formula is C14H25NO5. The summed E-state index contributed by atoms with van der Waals surface area (Å²) in [5.41, 5.74) is 0.891. The molecule has 0 saturated carbocycles. The summed E-state index contributed by atoms with van der Waals surface area (Å²) in [5, 5.41) is 8.63. The van der Waals surface area contributed by atoms with Crippen molar-refractivity contribution in [3.05, 3.63) is 11.6 Å². The second kappa shape index (κ2) is 10.4. The van der Waals surface area contributed by atoms with Crippen molar-refractivity contribution >= 4 is 11.9 Å². The minimum atomic E-state index is -0.396. The van der Waals surface area contributed by atoms with E-state index in [-0.39, 0.29) is 31.6 Å². The zero-order chi connectivity index (χ0) is 15.5. The topological polar surface area (TPSA) is 76.1 Å². The number of amides is 1. The molecule has 20 heavy (non-hydrogen) atoms. The highest BCUT2D eigenvalue weighted by atomic mass is 16.5. The molecule has 1 unspecified atom stereocenters. The molecule has 0 aliphatic rings. The van der Waals surface area contributed by atoms with Gasteiger partial charge in [0.05, 0.1) is 32.8 Å². The van der Waals surface area contributed by atoms with Gasteiger partial charge >= 0.3 is 5.97 Å². The van der Waals surface area contributed by atoms with Crippen molar-refractivity contribution in [3.8, 4) is 0 Å². The van der Waals surface area contributed by atoms with Gasteiger partial charge in [-0.2, -0.15) is 0 Å². The van der Waals surface area contributed by atoms with Gasteiger partial charge in [-0.1, -0.05) is 12.5 Å². The third-order valence-corrected chi connectivity index (χ3v) is 2.56. The van der Waals surface area contributed by atoms with E-state index >= 15 is 0 Å². The quantitative estimate of drug-likeness (QED) is 0.382. The summed E-state index contributed by atoms with van der Waals surface area (Å²) < 4.78 is 9.82. The summed E-state index contributed by atoms with van der Waals surface area (Å²) in [4.78, 5) is 25.0. The molecule has 0 saturated heterocycles. The first-order valence-electron chi connectivity index (χ1n) is 6.62. The fourth-order valence-corrected chi connectivity index (χ4v) is 1.58. The third kappa shape index (κ3) is 7.91. The molecule has 0 aliphatic heterocycles. The molecule has 0 rings (SSSR count). The molecule has 0 fully saturated rings. The minimum absolute atomic E-state index is 0.0551. The van der Waals surface area contributed by atoms with Crippen molar-refractivity contribution in [3.63, 3.8) is 0 Å². The molecule has 0 bridgehead atoms. The van der Waals surface area contributed by atoms with E-state index in [0.29, 0.717) is 13.2 Å². The average Bonchev–Trinajstić information content (AvgIpc) is 2.40. The van der Waals surface area contributed by atoms with Crippen LogP contribution in [0, 0.1) is 5.92 Å². The lowest BCUT2D eigenvalue weighted by Crippen LogP contribution is -2.38. The van der Waals surface area contributed by atoms with E-state index in [1.54, 1.807) is 11.8 Å². The Morgan fingerprint density at radius 3 is 2.45 bits per heavy atom. The summed E-state index contributed by atoms with van der Waals surface area (Å²) in [7, 11) is 1.32. The van der Waals surface area contributed by atoms with E-state index in [2.05, 4.69) is 4.74 Å². The van der Waals surface area contributed by atoms with Gasteiger partial charge in [-0.05, 0) is 13.8 Å². The van der Waals surface area contributed by atoms with E-state index < -0.39 is 5.92 Å². The molecule has 1 atom stereocenters. The Balaban J connectivity index is 4.57. The van der Waals surface area contributed by atoms with Crippen LogP contribution in [-0.2, 0) is 19.1 Å². The number of ether oxygens (including phenoxy) is 2. The highest BCUT2D eigenvalue weighted by Gasteiger charge is 2.20. The van der Waals surface area contributed by atoms with Crippen LogP contribution in [0.25, 0.3) is 0 Å². The van der Waals surface area contributed by atoms with Crippen LogP contribution in [0.5, 0.6) is 0 Å². The highest BCUT2D eigenvalue weighted by molar-refractivity contribution is 5.88. The van der Waals surface area contributed by atoms with Crippen molar-refractivity contribution < 1.29 is 24.2 Å². The molecule has 0 heterocycles. The van der Waals surface area contributed by atoms with Crippen molar-refractivity contribution in [2.45, 2.75) is 20.8 Å². The van der Waals surface area contributed by atoms with Gasteiger partial charge in [0.25, 0.3) is 0 Å². The Labute approximate surface area is 120 Å². The van der Waals surface area contributed by atoms with Crippen molar-refractivity contribution in [2.24, 2.45) is 5.92 Å². The zero-order valence-electron chi connectivity index (χ0n) is 12.7. The van der Waals surface area contributed by atoms with E-state index in [1.165, 1.54) is 13.2 Å². The monoisotopic (exact) mass is 287 g/mol. The lowest BCUT2D eigenvalue weighted by Gasteiger charge is -2.24. The largest absolute Gasteiger partial charge is 0.469 e. The van der Waals surface area contributed by atoms with Crippen LogP contribution >= 0.6 is 0 Å². The first-order chi connectivity index (χ1) is 9.42. The number of aliphatic hydroxyl groups excluding tert-OH is 1. The molecule has 6 nitrogen and oxygen atoms in total. The maximum absolute atomic E-state index is 12.1. The minimum Gasteiger partial charge on any atom is -0.469 e. The Morgan fingerprint density at radius 2 is 1.95 bits per heavy atom. The first-order valence-corrected chi connectivity index (χ1v) is 6.62. The highest BCUT2D eigenvalue weighted by Crippen LogP contribution is 2.05. The van der Waals surface area contributed by atoms with E-state index in [4.69, 9.17) is 9.84 Å². The van der Waals surface area contributed by atoms with Gasteiger partial charge < -0.3 is 19.5 Å². The van der Waals surface area contributed by atoms with Crippen LogP contribution in [-0.4, -0.2) is 61.9 Å². The standard InChI is InChI=1S/C14H25NO5/c1-11(2)9-13(17)15(5-7-20-8-6-16)10-12(3)14(18)19-4/h9,12,16H,5-8,10H2,1-4H3. The van der Waals surface area contributed by atoms with Gasteiger partial charge in [-0.15, -0.1) is 0 Å². The fraction of sp³-hybridized carbons (Fsp3) is 0.714. The number of esters is 1. The Morgan fingerprint density at radius 1 is 1.30 bits per heavy atom. The number of aliphatic hydroxyl groups is 1. The van der Waals surface area contributed by atoms with Crippen LogP contribution in [0.3, 0.4) is 0 Å². The Hall–Kier alpha value is -1.40. The smallest absolute Gasteiger partial charge is 0.310 e. The van der Waals surface area contributed by atoms with Gasteiger partial charge in [0.2, 0.25) is 5.91 Å². The molecule has 0 aliphatic carbocycles.